The highest BCUT2D eigenvalue weighted by Crippen LogP contribution is 2.70. The molecule has 1 aliphatic heterocycles. The van der Waals surface area contributed by atoms with Gasteiger partial charge >= 0.3 is 6.18 Å². The minimum Gasteiger partial charge on any atom is -0.497 e. The first-order chi connectivity index (χ1) is 14.3. The van der Waals surface area contributed by atoms with Crippen molar-refractivity contribution in [1.29, 1.82) is 0 Å². The summed E-state index contributed by atoms with van der Waals surface area (Å²) in [5, 5.41) is 2.20. The molecule has 0 radical (unpaired) electrons. The maximum atomic E-state index is 13.7. The standard InChI is InChI=1S/C21H25F3N2O4S/c1-19(2)13-8-9-20(19)12-31(28,29)26(17(20)10-13)18(27)11-16(21(22,23)24)25-14-4-6-15(30-3)7-5-14/h4-7,11,13,17,25H,8-10,12H2,1-3H3/b16-11-/t13-,17+,20-/m0/s1. The lowest BCUT2D eigenvalue weighted by atomic mass is 9.69. The van der Waals surface area contributed by atoms with Gasteiger partial charge in [0.1, 0.15) is 11.4 Å². The second-order valence-electron chi connectivity index (χ2n) is 9.16. The van der Waals surface area contributed by atoms with E-state index in [2.05, 4.69) is 5.32 Å². The number of carbonyl (C=O) groups is 1. The van der Waals surface area contributed by atoms with Crippen molar-refractivity contribution in [2.45, 2.75) is 45.3 Å². The van der Waals surface area contributed by atoms with Crippen molar-refractivity contribution < 1.29 is 31.1 Å². The molecule has 0 unspecified atom stereocenters. The molecule has 2 bridgehead atoms. The third-order valence-corrected chi connectivity index (χ3v) is 9.48. The predicted octanol–water partition coefficient (Wildman–Crippen LogP) is 3.92. The van der Waals surface area contributed by atoms with E-state index in [1.54, 1.807) is 0 Å². The van der Waals surface area contributed by atoms with E-state index in [1.165, 1.54) is 31.4 Å². The molecule has 31 heavy (non-hydrogen) atoms. The number of rotatable bonds is 4. The lowest BCUT2D eigenvalue weighted by molar-refractivity contribution is -0.125. The third kappa shape index (κ3) is 3.30. The zero-order valence-corrected chi connectivity index (χ0v) is 18.3. The molecular weight excluding hydrogens is 433 g/mol. The molecule has 1 amide bonds. The molecule has 4 rings (SSSR count). The van der Waals surface area contributed by atoms with Crippen molar-refractivity contribution in [2.24, 2.45) is 16.7 Å². The molecule has 1 aromatic rings. The van der Waals surface area contributed by atoms with Gasteiger partial charge < -0.3 is 10.1 Å². The molecule has 3 aliphatic rings. The summed E-state index contributed by atoms with van der Waals surface area (Å²) in [6.07, 6.45) is -2.47. The van der Waals surface area contributed by atoms with Crippen molar-refractivity contribution in [3.8, 4) is 5.75 Å². The minimum absolute atomic E-state index is 0.0963. The van der Waals surface area contributed by atoms with Gasteiger partial charge in [-0.1, -0.05) is 13.8 Å². The summed E-state index contributed by atoms with van der Waals surface area (Å²) in [6.45, 7) is 4.02. The Bertz CT molecular complexity index is 1030. The highest BCUT2D eigenvalue weighted by molar-refractivity contribution is 7.90. The van der Waals surface area contributed by atoms with Crippen LogP contribution in [0.5, 0.6) is 5.75 Å². The normalized spacial score (nSPS) is 30.9. The van der Waals surface area contributed by atoms with Crippen molar-refractivity contribution in [3.05, 3.63) is 36.0 Å². The molecule has 2 aliphatic carbocycles. The van der Waals surface area contributed by atoms with Gasteiger partial charge in [0.2, 0.25) is 10.0 Å². The largest absolute Gasteiger partial charge is 0.497 e. The fourth-order valence-electron chi connectivity index (χ4n) is 5.78. The maximum Gasteiger partial charge on any atom is 0.431 e. The number of methoxy groups -OCH3 is 1. The first-order valence-electron chi connectivity index (χ1n) is 10.1. The van der Waals surface area contributed by atoms with Gasteiger partial charge in [0.25, 0.3) is 5.91 Å². The molecule has 3 fully saturated rings. The van der Waals surface area contributed by atoms with E-state index in [-0.39, 0.29) is 22.8 Å². The molecule has 0 aromatic heterocycles. The predicted molar refractivity (Wildman–Crippen MR) is 109 cm³/mol. The minimum atomic E-state index is -4.87. The first-order valence-corrected chi connectivity index (χ1v) is 11.7. The topological polar surface area (TPSA) is 75.7 Å². The number of benzene rings is 1. The molecule has 10 heteroatoms. The average Bonchev–Trinajstić information content (AvgIpc) is 3.15. The van der Waals surface area contributed by atoms with Crippen LogP contribution in [0.1, 0.15) is 33.1 Å². The van der Waals surface area contributed by atoms with E-state index in [9.17, 15) is 26.4 Å². The number of nitrogens with zero attached hydrogens (tertiary/aromatic N) is 1. The monoisotopic (exact) mass is 458 g/mol. The highest BCUT2D eigenvalue weighted by Gasteiger charge is 2.72. The fourth-order valence-corrected chi connectivity index (χ4v) is 8.29. The van der Waals surface area contributed by atoms with Crippen molar-refractivity contribution in [3.63, 3.8) is 0 Å². The molecule has 1 N–H and O–H groups in total. The maximum absolute atomic E-state index is 13.7. The summed E-state index contributed by atoms with van der Waals surface area (Å²) in [5.74, 6) is -0.627. The van der Waals surface area contributed by atoms with Crippen LogP contribution in [0.25, 0.3) is 0 Å². The van der Waals surface area contributed by atoms with Gasteiger partial charge in [-0.3, -0.25) is 4.79 Å². The van der Waals surface area contributed by atoms with Gasteiger partial charge in [-0.2, -0.15) is 13.2 Å². The molecule has 1 heterocycles. The Hall–Kier alpha value is -2.23. The number of halogens is 3. The quantitative estimate of drug-likeness (QED) is 0.693. The van der Waals surface area contributed by atoms with Crippen LogP contribution in [0.3, 0.4) is 0 Å². The van der Waals surface area contributed by atoms with Gasteiger partial charge in [0, 0.05) is 17.2 Å². The fraction of sp³-hybridized carbons (Fsp3) is 0.571. The van der Waals surface area contributed by atoms with Crippen LogP contribution in [0.15, 0.2) is 36.0 Å². The Labute approximate surface area is 179 Å². The Morgan fingerprint density at radius 2 is 1.90 bits per heavy atom. The summed E-state index contributed by atoms with van der Waals surface area (Å²) < 4.78 is 72.5. The summed E-state index contributed by atoms with van der Waals surface area (Å²) in [6, 6.07) is 5.12. The zero-order valence-electron chi connectivity index (χ0n) is 17.5. The molecule has 6 nitrogen and oxygen atoms in total. The summed E-state index contributed by atoms with van der Waals surface area (Å²) in [7, 11) is -2.57. The number of fused-ring (bicyclic) bond motifs is 1. The van der Waals surface area contributed by atoms with Crippen molar-refractivity contribution in [1.82, 2.24) is 4.31 Å². The number of allylic oxidation sites excluding steroid dienone is 1. The summed E-state index contributed by atoms with van der Waals surface area (Å²) in [5.41, 5.74) is -2.10. The van der Waals surface area contributed by atoms with Crippen LogP contribution < -0.4 is 10.1 Å². The SMILES string of the molecule is COc1ccc(N/C(=C\C(=O)N2[C@@H]3C[C@@H]4CC[C@@]3(CS2(=O)=O)C4(C)C)C(F)(F)F)cc1. The number of hydrogen-bond donors (Lipinski definition) is 1. The number of alkyl halides is 3. The van der Waals surface area contributed by atoms with Gasteiger partial charge in [0.15, 0.2) is 0 Å². The number of anilines is 1. The van der Waals surface area contributed by atoms with Gasteiger partial charge in [-0.05, 0) is 54.9 Å². The Kier molecular flexibility index (Phi) is 4.88. The van der Waals surface area contributed by atoms with E-state index in [0.29, 0.717) is 24.7 Å². The van der Waals surface area contributed by atoms with E-state index in [0.717, 1.165) is 10.7 Å². The average molecular weight is 459 g/mol. The van der Waals surface area contributed by atoms with Gasteiger partial charge in [-0.15, -0.1) is 0 Å². The molecule has 1 aromatic carbocycles. The van der Waals surface area contributed by atoms with Crippen LogP contribution in [0.4, 0.5) is 18.9 Å². The number of ether oxygens (including phenoxy) is 1. The molecule has 1 saturated heterocycles. The lowest BCUT2D eigenvalue weighted by Crippen LogP contribution is -2.44. The Morgan fingerprint density at radius 3 is 2.45 bits per heavy atom. The van der Waals surface area contributed by atoms with Crippen molar-refractivity contribution >= 4 is 21.6 Å². The third-order valence-electron chi connectivity index (χ3n) is 7.57. The first kappa shape index (κ1) is 22.0. The number of carbonyl (C=O) groups excluding carboxylic acids is 1. The number of amides is 1. The molecular formula is C21H25F3N2O4S. The second-order valence-corrected chi connectivity index (χ2v) is 11.0. The Balaban J connectivity index is 1.66. The van der Waals surface area contributed by atoms with E-state index in [1.807, 2.05) is 13.8 Å². The highest BCUT2D eigenvalue weighted by atomic mass is 32.2. The number of hydrogen-bond acceptors (Lipinski definition) is 5. The van der Waals surface area contributed by atoms with Crippen LogP contribution in [-0.2, 0) is 14.8 Å². The summed E-state index contributed by atoms with van der Waals surface area (Å²) >= 11 is 0. The van der Waals surface area contributed by atoms with Crippen LogP contribution >= 0.6 is 0 Å². The number of nitrogens with one attached hydrogen (secondary N) is 1. The van der Waals surface area contributed by atoms with Gasteiger partial charge in [0.05, 0.1) is 18.9 Å². The molecule has 3 atom stereocenters. The summed E-state index contributed by atoms with van der Waals surface area (Å²) in [4.78, 5) is 12.9. The smallest absolute Gasteiger partial charge is 0.431 e. The van der Waals surface area contributed by atoms with E-state index >= 15 is 0 Å². The Morgan fingerprint density at radius 1 is 1.26 bits per heavy atom. The second kappa shape index (κ2) is 6.88. The molecule has 170 valence electrons. The van der Waals surface area contributed by atoms with Gasteiger partial charge in [-0.25, -0.2) is 12.7 Å². The van der Waals surface area contributed by atoms with E-state index in [4.69, 9.17) is 4.74 Å². The van der Waals surface area contributed by atoms with Crippen LogP contribution in [0, 0.1) is 16.7 Å². The van der Waals surface area contributed by atoms with Crippen LogP contribution in [0.2, 0.25) is 0 Å². The van der Waals surface area contributed by atoms with Crippen molar-refractivity contribution in [2.75, 3.05) is 18.2 Å². The van der Waals surface area contributed by atoms with E-state index < -0.39 is 39.3 Å². The lowest BCUT2D eigenvalue weighted by Gasteiger charge is -2.36. The number of sulfonamides is 1. The molecule has 1 spiro atoms. The zero-order chi connectivity index (χ0) is 22.8. The van der Waals surface area contributed by atoms with Crippen LogP contribution in [-0.4, -0.2) is 43.7 Å². The molecule has 2 saturated carbocycles.